The first-order valence-corrected chi connectivity index (χ1v) is 13.7. The number of amides is 2. The minimum Gasteiger partial charge on any atom is -0.432 e. The topological polar surface area (TPSA) is 107 Å². The van der Waals surface area contributed by atoms with Gasteiger partial charge in [-0.3, -0.25) is 9.59 Å². The van der Waals surface area contributed by atoms with Crippen molar-refractivity contribution < 1.29 is 32.2 Å². The number of rotatable bonds is 6. The van der Waals surface area contributed by atoms with Crippen molar-refractivity contribution in [1.82, 2.24) is 15.1 Å². The quantitative estimate of drug-likeness (QED) is 0.294. The van der Waals surface area contributed by atoms with Gasteiger partial charge in [-0.25, -0.2) is 22.8 Å². The van der Waals surface area contributed by atoms with E-state index in [0.29, 0.717) is 37.2 Å². The molecule has 2 aliphatic heterocycles. The number of halogens is 4. The van der Waals surface area contributed by atoms with Crippen LogP contribution in [0.5, 0.6) is 11.6 Å². The number of para-hydroxylation sites is 1. The molecule has 9 nitrogen and oxygen atoms in total. The molecule has 2 amide bonds. The van der Waals surface area contributed by atoms with Gasteiger partial charge >= 0.3 is 0 Å². The number of ether oxygens (including phenoxy) is 2. The molecule has 43 heavy (non-hydrogen) atoms. The number of hydrogen-bond acceptors (Lipinski definition) is 6. The summed E-state index contributed by atoms with van der Waals surface area (Å²) in [5, 5.41) is 9.15. The maximum absolute atomic E-state index is 14.8. The number of aliphatic imine (C=N–C) groups is 1. The summed E-state index contributed by atoms with van der Waals surface area (Å²) in [4.78, 5) is 31.4. The van der Waals surface area contributed by atoms with Gasteiger partial charge in [0.05, 0.1) is 23.6 Å². The average molecular weight is 610 g/mol. The molecule has 1 atom stereocenters. The number of aromatic nitrogens is 2. The van der Waals surface area contributed by atoms with Gasteiger partial charge in [0, 0.05) is 29.4 Å². The van der Waals surface area contributed by atoms with Crippen molar-refractivity contribution in [3.63, 3.8) is 0 Å². The Morgan fingerprint density at radius 2 is 1.74 bits per heavy atom. The maximum atomic E-state index is 14.8. The highest BCUT2D eigenvalue weighted by atomic mass is 35.5. The normalized spacial score (nSPS) is 17.0. The Kier molecular flexibility index (Phi) is 7.87. The molecule has 0 spiro atoms. The van der Waals surface area contributed by atoms with Crippen LogP contribution in [0.3, 0.4) is 0 Å². The van der Waals surface area contributed by atoms with Crippen LogP contribution in [0.15, 0.2) is 71.9 Å². The smallest absolute Gasteiger partial charge is 0.269 e. The van der Waals surface area contributed by atoms with Crippen LogP contribution in [0.25, 0.3) is 0 Å². The van der Waals surface area contributed by atoms with E-state index in [-0.39, 0.29) is 33.9 Å². The summed E-state index contributed by atoms with van der Waals surface area (Å²) in [6.45, 7) is 0.816. The molecular weight excluding hydrogens is 587 g/mol. The minimum absolute atomic E-state index is 0.0862. The van der Waals surface area contributed by atoms with Crippen molar-refractivity contribution in [3.05, 3.63) is 106 Å². The largest absolute Gasteiger partial charge is 0.432 e. The molecule has 0 unspecified atom stereocenters. The van der Waals surface area contributed by atoms with Crippen LogP contribution in [0, 0.1) is 17.5 Å². The maximum Gasteiger partial charge on any atom is 0.269 e. The second kappa shape index (κ2) is 11.9. The van der Waals surface area contributed by atoms with E-state index in [1.54, 1.807) is 36.4 Å². The summed E-state index contributed by atoms with van der Waals surface area (Å²) in [5.41, 5.74) is 0.865. The summed E-state index contributed by atoms with van der Waals surface area (Å²) >= 11 is 5.77. The molecule has 220 valence electrons. The zero-order valence-electron chi connectivity index (χ0n) is 22.3. The predicted molar refractivity (Wildman–Crippen MR) is 151 cm³/mol. The molecule has 1 fully saturated rings. The summed E-state index contributed by atoms with van der Waals surface area (Å²) in [6.07, 6.45) is 0.670. The number of fused-ring (bicyclic) bond motifs is 1. The van der Waals surface area contributed by atoms with Crippen molar-refractivity contribution in [2.24, 2.45) is 4.99 Å². The summed E-state index contributed by atoms with van der Waals surface area (Å²) in [6, 6.07) is 14.5. The summed E-state index contributed by atoms with van der Waals surface area (Å²) in [7, 11) is 0. The Morgan fingerprint density at radius 1 is 1.02 bits per heavy atom. The Morgan fingerprint density at radius 3 is 2.47 bits per heavy atom. The molecule has 0 aliphatic carbocycles. The first-order chi connectivity index (χ1) is 20.8. The molecular formula is C30H23ClF3N5O4. The van der Waals surface area contributed by atoms with E-state index in [4.69, 9.17) is 21.1 Å². The molecule has 6 rings (SSSR count). The van der Waals surface area contributed by atoms with Gasteiger partial charge in [0.2, 0.25) is 17.8 Å². The van der Waals surface area contributed by atoms with Gasteiger partial charge in [0.15, 0.2) is 11.6 Å². The van der Waals surface area contributed by atoms with Gasteiger partial charge in [-0.05, 0) is 31.0 Å². The highest BCUT2D eigenvalue weighted by Gasteiger charge is 2.32. The Balaban J connectivity index is 1.38. The van der Waals surface area contributed by atoms with Crippen molar-refractivity contribution >= 4 is 34.8 Å². The number of nitrogens with one attached hydrogen (secondary N) is 2. The van der Waals surface area contributed by atoms with E-state index in [9.17, 15) is 22.8 Å². The number of anilines is 1. The van der Waals surface area contributed by atoms with Crippen molar-refractivity contribution in [2.75, 3.05) is 18.5 Å². The van der Waals surface area contributed by atoms with Crippen LogP contribution < -0.4 is 15.4 Å². The van der Waals surface area contributed by atoms with E-state index >= 15 is 0 Å². The van der Waals surface area contributed by atoms with Gasteiger partial charge in [-0.15, -0.1) is 0 Å². The molecule has 4 aromatic rings. The highest BCUT2D eigenvalue weighted by Crippen LogP contribution is 2.35. The fourth-order valence-corrected chi connectivity index (χ4v) is 5.14. The van der Waals surface area contributed by atoms with Crippen LogP contribution in [-0.2, 0) is 9.53 Å². The molecule has 0 saturated carbocycles. The predicted octanol–water partition coefficient (Wildman–Crippen LogP) is 5.64. The lowest BCUT2D eigenvalue weighted by molar-refractivity contribution is -0.117. The molecule has 13 heteroatoms. The van der Waals surface area contributed by atoms with Crippen LogP contribution in [0.1, 0.15) is 40.4 Å². The SMILES string of the molecule is O=C(N[C@H]1N=C(c2ccccc2)c2cccc(F)c2NC1=O)c1cnn(C2CCOCC2)c1Oc1c(F)cc(Cl)cc1F. The number of benzene rings is 3. The van der Waals surface area contributed by atoms with Crippen molar-refractivity contribution in [3.8, 4) is 11.6 Å². The lowest BCUT2D eigenvalue weighted by Gasteiger charge is -2.24. The molecule has 1 saturated heterocycles. The van der Waals surface area contributed by atoms with Gasteiger partial charge in [-0.2, -0.15) is 5.10 Å². The fourth-order valence-electron chi connectivity index (χ4n) is 4.94. The van der Waals surface area contributed by atoms with Crippen molar-refractivity contribution in [2.45, 2.75) is 25.0 Å². The summed E-state index contributed by atoms with van der Waals surface area (Å²) in [5.74, 6) is -5.56. The van der Waals surface area contributed by atoms with Gasteiger partial charge in [-0.1, -0.05) is 54.1 Å². The Hall–Kier alpha value is -4.68. The van der Waals surface area contributed by atoms with Gasteiger partial charge in [0.25, 0.3) is 11.8 Å². The Labute approximate surface area is 248 Å². The standard InChI is InChI=1S/C30H23ClF3N5O4/c31-17-13-22(33)26(23(34)14-17)43-30-20(15-35-39(30)18-9-11-42-12-10-18)28(40)38-27-29(41)37-25-19(7-4-8-21(25)32)24(36-27)16-5-2-1-3-6-16/h1-8,13-15,18,27H,9-12H2,(H,37,41)(H,38,40)/t27-/m1/s1. The monoisotopic (exact) mass is 609 g/mol. The Bertz CT molecular complexity index is 1720. The lowest BCUT2D eigenvalue weighted by atomic mass is 10.0. The lowest BCUT2D eigenvalue weighted by Crippen LogP contribution is -2.42. The first kappa shape index (κ1) is 28.4. The van der Waals surface area contributed by atoms with E-state index in [2.05, 4.69) is 20.7 Å². The van der Waals surface area contributed by atoms with Gasteiger partial charge < -0.3 is 20.1 Å². The third-order valence-corrected chi connectivity index (χ3v) is 7.25. The van der Waals surface area contributed by atoms with E-state index in [0.717, 1.165) is 12.1 Å². The molecule has 2 aliphatic rings. The second-order valence-electron chi connectivity index (χ2n) is 9.82. The van der Waals surface area contributed by atoms with Crippen LogP contribution in [0.2, 0.25) is 5.02 Å². The number of carbonyl (C=O) groups is 2. The highest BCUT2D eigenvalue weighted by molar-refractivity contribution is 6.30. The van der Waals surface area contributed by atoms with Crippen LogP contribution >= 0.6 is 11.6 Å². The van der Waals surface area contributed by atoms with Crippen molar-refractivity contribution in [1.29, 1.82) is 0 Å². The molecule has 2 N–H and O–H groups in total. The average Bonchev–Trinajstić information content (AvgIpc) is 3.36. The molecule has 0 radical (unpaired) electrons. The molecule has 3 aromatic carbocycles. The first-order valence-electron chi connectivity index (χ1n) is 13.3. The number of nitrogens with zero attached hydrogens (tertiary/aromatic N) is 3. The zero-order chi connectivity index (χ0) is 30.1. The third kappa shape index (κ3) is 5.71. The van der Waals surface area contributed by atoms with Crippen LogP contribution in [-0.4, -0.2) is 46.7 Å². The number of carbonyl (C=O) groups excluding carboxylic acids is 2. The molecule has 1 aromatic heterocycles. The molecule has 0 bridgehead atoms. The fraction of sp³-hybridized carbons (Fsp3) is 0.200. The number of benzodiazepines with no additional fused rings is 1. The van der Waals surface area contributed by atoms with Crippen LogP contribution in [0.4, 0.5) is 18.9 Å². The third-order valence-electron chi connectivity index (χ3n) is 7.03. The van der Waals surface area contributed by atoms with E-state index in [1.807, 2.05) is 0 Å². The molecule has 3 heterocycles. The van der Waals surface area contributed by atoms with E-state index < -0.39 is 41.2 Å². The van der Waals surface area contributed by atoms with Gasteiger partial charge in [0.1, 0.15) is 11.4 Å². The van der Waals surface area contributed by atoms with E-state index in [1.165, 1.54) is 23.0 Å². The minimum atomic E-state index is -1.52. The second-order valence-corrected chi connectivity index (χ2v) is 10.3. The zero-order valence-corrected chi connectivity index (χ0v) is 23.1. The number of hydrogen-bond donors (Lipinski definition) is 2. The summed E-state index contributed by atoms with van der Waals surface area (Å²) < 4.78 is 56.8.